The van der Waals surface area contributed by atoms with Crippen molar-refractivity contribution in [3.8, 4) is 11.5 Å². The molecule has 1 aromatic carbocycles. The van der Waals surface area contributed by atoms with Crippen molar-refractivity contribution in [2.45, 2.75) is 12.5 Å². The molecule has 5 heteroatoms. The molecule has 0 aliphatic carbocycles. The molecule has 0 bridgehead atoms. The molecule has 0 spiro atoms. The molecule has 1 atom stereocenters. The molecule has 3 N–H and O–H groups in total. The lowest BCUT2D eigenvalue weighted by Gasteiger charge is -2.20. The predicted molar refractivity (Wildman–Crippen MR) is 75.8 cm³/mol. The van der Waals surface area contributed by atoms with Crippen LogP contribution in [0.5, 0.6) is 11.5 Å². The van der Waals surface area contributed by atoms with Crippen molar-refractivity contribution in [1.82, 2.24) is 4.90 Å². The first kappa shape index (κ1) is 15.8. The third-order valence-electron chi connectivity index (χ3n) is 3.05. The average Bonchev–Trinajstić information content (AvgIpc) is 2.44. The normalized spacial score (nSPS) is 12.5. The van der Waals surface area contributed by atoms with Gasteiger partial charge in [0.25, 0.3) is 0 Å². The van der Waals surface area contributed by atoms with E-state index < -0.39 is 6.10 Å². The van der Waals surface area contributed by atoms with Gasteiger partial charge in [-0.15, -0.1) is 0 Å². The lowest BCUT2D eigenvalue weighted by Crippen LogP contribution is -2.35. The zero-order chi connectivity index (χ0) is 14.3. The SMILES string of the molecule is COc1ccc(CCN(C)CC(O)CN)c(OC)c1. The van der Waals surface area contributed by atoms with Crippen molar-refractivity contribution in [2.75, 3.05) is 40.9 Å². The Labute approximate surface area is 114 Å². The highest BCUT2D eigenvalue weighted by Crippen LogP contribution is 2.24. The summed E-state index contributed by atoms with van der Waals surface area (Å²) in [7, 11) is 5.26. The summed E-state index contributed by atoms with van der Waals surface area (Å²) in [4.78, 5) is 2.06. The van der Waals surface area contributed by atoms with Crippen LogP contribution >= 0.6 is 0 Å². The number of nitrogens with two attached hydrogens (primary N) is 1. The van der Waals surface area contributed by atoms with Gasteiger partial charge in [0.15, 0.2) is 0 Å². The molecule has 0 saturated heterocycles. The molecular formula is C14H24N2O3. The minimum absolute atomic E-state index is 0.288. The Morgan fingerprint density at radius 2 is 2.05 bits per heavy atom. The first-order valence-corrected chi connectivity index (χ1v) is 6.38. The maximum atomic E-state index is 9.49. The lowest BCUT2D eigenvalue weighted by atomic mass is 10.1. The molecule has 5 nitrogen and oxygen atoms in total. The van der Waals surface area contributed by atoms with Gasteiger partial charge >= 0.3 is 0 Å². The Morgan fingerprint density at radius 3 is 2.63 bits per heavy atom. The van der Waals surface area contributed by atoms with Crippen molar-refractivity contribution in [3.63, 3.8) is 0 Å². The van der Waals surface area contributed by atoms with Crippen LogP contribution in [0.2, 0.25) is 0 Å². The van der Waals surface area contributed by atoms with E-state index in [1.165, 1.54) is 0 Å². The first-order valence-electron chi connectivity index (χ1n) is 6.38. The van der Waals surface area contributed by atoms with Crippen LogP contribution in [-0.2, 0) is 6.42 Å². The molecule has 0 aliphatic heterocycles. The smallest absolute Gasteiger partial charge is 0.125 e. The van der Waals surface area contributed by atoms with E-state index >= 15 is 0 Å². The van der Waals surface area contributed by atoms with Crippen molar-refractivity contribution in [1.29, 1.82) is 0 Å². The topological polar surface area (TPSA) is 68.0 Å². The van der Waals surface area contributed by atoms with Crippen LogP contribution in [0.3, 0.4) is 0 Å². The Bertz CT molecular complexity index is 385. The van der Waals surface area contributed by atoms with Crippen molar-refractivity contribution >= 4 is 0 Å². The average molecular weight is 268 g/mol. The largest absolute Gasteiger partial charge is 0.497 e. The van der Waals surface area contributed by atoms with Gasteiger partial charge in [-0.3, -0.25) is 0 Å². The Morgan fingerprint density at radius 1 is 1.32 bits per heavy atom. The van der Waals surface area contributed by atoms with E-state index in [0.717, 1.165) is 30.0 Å². The maximum absolute atomic E-state index is 9.49. The standard InChI is InChI=1S/C14H24N2O3/c1-16(10-12(17)9-15)7-6-11-4-5-13(18-2)8-14(11)19-3/h4-5,8,12,17H,6-7,9-10,15H2,1-3H3. The molecule has 1 aromatic rings. The van der Waals surface area contributed by atoms with E-state index in [2.05, 4.69) is 4.90 Å². The van der Waals surface area contributed by atoms with E-state index in [1.54, 1.807) is 14.2 Å². The number of rotatable bonds is 8. The van der Waals surface area contributed by atoms with Gasteiger partial charge in [-0.2, -0.15) is 0 Å². The molecule has 1 rings (SSSR count). The lowest BCUT2D eigenvalue weighted by molar-refractivity contribution is 0.133. The summed E-state index contributed by atoms with van der Waals surface area (Å²) in [6.07, 6.45) is 0.379. The van der Waals surface area contributed by atoms with E-state index in [0.29, 0.717) is 6.54 Å². The molecule has 0 aliphatic rings. The fourth-order valence-electron chi connectivity index (χ4n) is 1.90. The van der Waals surface area contributed by atoms with E-state index in [-0.39, 0.29) is 6.54 Å². The number of likely N-dealkylation sites (N-methyl/N-ethyl adjacent to an activating group) is 1. The van der Waals surface area contributed by atoms with Crippen LogP contribution < -0.4 is 15.2 Å². The van der Waals surface area contributed by atoms with Crippen LogP contribution in [0.1, 0.15) is 5.56 Å². The highest BCUT2D eigenvalue weighted by molar-refractivity contribution is 5.40. The summed E-state index contributed by atoms with van der Waals surface area (Å²) in [5, 5.41) is 9.49. The summed E-state index contributed by atoms with van der Waals surface area (Å²) in [6, 6.07) is 5.81. The van der Waals surface area contributed by atoms with E-state index in [1.807, 2.05) is 25.2 Å². The quantitative estimate of drug-likeness (QED) is 0.718. The molecular weight excluding hydrogens is 244 g/mol. The van der Waals surface area contributed by atoms with Crippen molar-refractivity contribution in [3.05, 3.63) is 23.8 Å². The second kappa shape index (κ2) is 7.99. The van der Waals surface area contributed by atoms with Gasteiger partial charge < -0.3 is 25.2 Å². The Hall–Kier alpha value is -1.30. The second-order valence-electron chi connectivity index (χ2n) is 4.58. The number of ether oxygens (including phenoxy) is 2. The predicted octanol–water partition coefficient (Wildman–Crippen LogP) is 0.498. The van der Waals surface area contributed by atoms with Crippen molar-refractivity contribution < 1.29 is 14.6 Å². The van der Waals surface area contributed by atoms with Crippen LogP contribution in [0, 0.1) is 0 Å². The summed E-state index contributed by atoms with van der Waals surface area (Å²) in [6.45, 7) is 1.70. The van der Waals surface area contributed by atoms with Crippen molar-refractivity contribution in [2.24, 2.45) is 5.73 Å². The summed E-state index contributed by atoms with van der Waals surface area (Å²) in [5.74, 6) is 1.61. The fraction of sp³-hybridized carbons (Fsp3) is 0.571. The highest BCUT2D eigenvalue weighted by Gasteiger charge is 2.09. The number of aliphatic hydroxyl groups is 1. The molecule has 0 aromatic heterocycles. The summed E-state index contributed by atoms with van der Waals surface area (Å²) in [5.41, 5.74) is 6.52. The summed E-state index contributed by atoms with van der Waals surface area (Å²) < 4.78 is 10.5. The zero-order valence-corrected chi connectivity index (χ0v) is 11.9. The monoisotopic (exact) mass is 268 g/mol. The van der Waals surface area contributed by atoms with Crippen LogP contribution in [0.25, 0.3) is 0 Å². The van der Waals surface area contributed by atoms with Crippen LogP contribution in [0.15, 0.2) is 18.2 Å². The minimum Gasteiger partial charge on any atom is -0.497 e. The maximum Gasteiger partial charge on any atom is 0.125 e. The molecule has 0 amide bonds. The Kier molecular flexibility index (Phi) is 6.62. The Balaban J connectivity index is 2.57. The number of nitrogens with zero attached hydrogens (tertiary/aromatic N) is 1. The second-order valence-corrected chi connectivity index (χ2v) is 4.58. The molecule has 108 valence electrons. The molecule has 19 heavy (non-hydrogen) atoms. The minimum atomic E-state index is -0.470. The number of hydrogen-bond donors (Lipinski definition) is 2. The third kappa shape index (κ3) is 5.06. The zero-order valence-electron chi connectivity index (χ0n) is 11.9. The number of aliphatic hydroxyl groups excluding tert-OH is 1. The molecule has 0 radical (unpaired) electrons. The van der Waals surface area contributed by atoms with Gasteiger partial charge in [-0.25, -0.2) is 0 Å². The van der Waals surface area contributed by atoms with Crippen LogP contribution in [0.4, 0.5) is 0 Å². The molecule has 0 heterocycles. The van der Waals surface area contributed by atoms with Gasteiger partial charge in [0.2, 0.25) is 0 Å². The number of benzene rings is 1. The summed E-state index contributed by atoms with van der Waals surface area (Å²) >= 11 is 0. The van der Waals surface area contributed by atoms with Gasteiger partial charge in [0, 0.05) is 25.7 Å². The van der Waals surface area contributed by atoms with Gasteiger partial charge in [-0.1, -0.05) is 6.07 Å². The molecule has 0 fully saturated rings. The van der Waals surface area contributed by atoms with Gasteiger partial charge in [0.05, 0.1) is 20.3 Å². The molecule has 1 unspecified atom stereocenters. The third-order valence-corrected chi connectivity index (χ3v) is 3.05. The highest BCUT2D eigenvalue weighted by atomic mass is 16.5. The number of methoxy groups -OCH3 is 2. The fourth-order valence-corrected chi connectivity index (χ4v) is 1.90. The van der Waals surface area contributed by atoms with Gasteiger partial charge in [-0.05, 0) is 25.1 Å². The van der Waals surface area contributed by atoms with E-state index in [4.69, 9.17) is 15.2 Å². The van der Waals surface area contributed by atoms with E-state index in [9.17, 15) is 5.11 Å². The molecule has 0 saturated carbocycles. The number of hydrogen-bond acceptors (Lipinski definition) is 5. The first-order chi connectivity index (χ1) is 9.10. The van der Waals surface area contributed by atoms with Crippen LogP contribution in [-0.4, -0.2) is 57.0 Å². The van der Waals surface area contributed by atoms with Gasteiger partial charge in [0.1, 0.15) is 11.5 Å².